The lowest BCUT2D eigenvalue weighted by atomic mass is 10.1. The molecule has 2 heterocycles. The van der Waals surface area contributed by atoms with E-state index in [2.05, 4.69) is 20.1 Å². The van der Waals surface area contributed by atoms with Crippen LogP contribution in [0.15, 0.2) is 54.6 Å². The first-order valence-electron chi connectivity index (χ1n) is 9.32. The Balaban J connectivity index is 1.41. The van der Waals surface area contributed by atoms with Crippen molar-refractivity contribution in [1.82, 2.24) is 25.0 Å². The summed E-state index contributed by atoms with van der Waals surface area (Å²) in [6.07, 6.45) is 0. The van der Waals surface area contributed by atoms with E-state index in [4.69, 9.17) is 4.74 Å². The van der Waals surface area contributed by atoms with Crippen LogP contribution in [0.1, 0.15) is 17.0 Å². The van der Waals surface area contributed by atoms with Crippen LogP contribution < -0.4 is 5.32 Å². The van der Waals surface area contributed by atoms with Gasteiger partial charge in [0.15, 0.2) is 11.6 Å². The normalized spacial score (nSPS) is 13.2. The van der Waals surface area contributed by atoms with Crippen molar-refractivity contribution in [3.8, 4) is 11.4 Å². The van der Waals surface area contributed by atoms with E-state index in [1.165, 1.54) is 0 Å². The molecule has 0 bridgehead atoms. The Kier molecular flexibility index (Phi) is 5.34. The van der Waals surface area contributed by atoms with Gasteiger partial charge in [0.05, 0.1) is 13.2 Å². The molecule has 3 aromatic rings. The number of ether oxygens (including phenoxy) is 1. The quantitative estimate of drug-likeness (QED) is 0.742. The number of amides is 2. The van der Waals surface area contributed by atoms with Gasteiger partial charge in [-0.3, -0.25) is 0 Å². The van der Waals surface area contributed by atoms with Gasteiger partial charge in [-0.05, 0) is 11.1 Å². The highest BCUT2D eigenvalue weighted by molar-refractivity contribution is 5.74. The Morgan fingerprint density at radius 3 is 2.57 bits per heavy atom. The summed E-state index contributed by atoms with van der Waals surface area (Å²) < 4.78 is 7.32. The first-order valence-corrected chi connectivity index (χ1v) is 9.32. The minimum absolute atomic E-state index is 0.0947. The summed E-state index contributed by atoms with van der Waals surface area (Å²) in [5.74, 6) is 1.66. The topological polar surface area (TPSA) is 72.3 Å². The number of nitrogens with zero attached hydrogens (tertiary/aromatic N) is 4. The number of fused-ring (bicyclic) bond motifs is 1. The van der Waals surface area contributed by atoms with Gasteiger partial charge in [-0.25, -0.2) is 4.79 Å². The second-order valence-corrected chi connectivity index (χ2v) is 6.74. The first-order chi connectivity index (χ1) is 13.8. The number of rotatable bonds is 5. The summed E-state index contributed by atoms with van der Waals surface area (Å²) >= 11 is 0. The van der Waals surface area contributed by atoms with E-state index in [1.807, 2.05) is 54.6 Å². The Hall–Kier alpha value is -3.19. The molecular weight excluding hydrogens is 354 g/mol. The Morgan fingerprint density at radius 1 is 1.04 bits per heavy atom. The van der Waals surface area contributed by atoms with Gasteiger partial charge in [-0.15, -0.1) is 10.2 Å². The molecule has 2 amide bonds. The molecule has 0 saturated carbocycles. The van der Waals surface area contributed by atoms with Gasteiger partial charge in [-0.2, -0.15) is 0 Å². The Morgan fingerprint density at radius 2 is 1.79 bits per heavy atom. The number of carbonyl (C=O) groups is 1. The van der Waals surface area contributed by atoms with Crippen molar-refractivity contribution in [3.05, 3.63) is 71.5 Å². The van der Waals surface area contributed by atoms with Crippen LogP contribution in [0.2, 0.25) is 0 Å². The summed E-state index contributed by atoms with van der Waals surface area (Å²) in [6, 6.07) is 17.9. The molecule has 144 valence electrons. The van der Waals surface area contributed by atoms with E-state index in [-0.39, 0.29) is 6.03 Å². The summed E-state index contributed by atoms with van der Waals surface area (Å²) in [4.78, 5) is 14.4. The molecule has 0 unspecified atom stereocenters. The van der Waals surface area contributed by atoms with Gasteiger partial charge in [-0.1, -0.05) is 54.6 Å². The molecule has 0 fully saturated rings. The lowest BCUT2D eigenvalue weighted by Crippen LogP contribution is -2.44. The molecule has 0 aliphatic carbocycles. The molecule has 0 saturated heterocycles. The maximum absolute atomic E-state index is 12.7. The number of benzene rings is 2. The molecule has 1 aliphatic rings. The highest BCUT2D eigenvalue weighted by atomic mass is 16.5. The molecule has 28 heavy (non-hydrogen) atoms. The maximum Gasteiger partial charge on any atom is 0.318 e. The zero-order valence-corrected chi connectivity index (χ0v) is 15.8. The highest BCUT2D eigenvalue weighted by Gasteiger charge is 2.24. The Bertz CT molecular complexity index is 954. The molecular formula is C21H23N5O2. The lowest BCUT2D eigenvalue weighted by Gasteiger charge is -2.28. The van der Waals surface area contributed by atoms with E-state index >= 15 is 0 Å². The van der Waals surface area contributed by atoms with Gasteiger partial charge >= 0.3 is 6.03 Å². The zero-order chi connectivity index (χ0) is 19.3. The van der Waals surface area contributed by atoms with E-state index in [9.17, 15) is 4.79 Å². The molecule has 2 aromatic carbocycles. The minimum Gasteiger partial charge on any atom is -0.380 e. The molecule has 1 aromatic heterocycles. The summed E-state index contributed by atoms with van der Waals surface area (Å²) in [5, 5.41) is 11.6. The second-order valence-electron chi connectivity index (χ2n) is 6.74. The number of urea groups is 1. The average Bonchev–Trinajstić information content (AvgIpc) is 3.17. The van der Waals surface area contributed by atoms with Crippen LogP contribution in [0, 0.1) is 0 Å². The number of nitrogens with one attached hydrogen (secondary N) is 1. The van der Waals surface area contributed by atoms with E-state index < -0.39 is 0 Å². The second kappa shape index (κ2) is 8.22. The minimum atomic E-state index is -0.0947. The third-order valence-corrected chi connectivity index (χ3v) is 4.92. The number of methoxy groups -OCH3 is 1. The first kappa shape index (κ1) is 18.2. The number of hydrogen-bond acceptors (Lipinski definition) is 4. The summed E-state index contributed by atoms with van der Waals surface area (Å²) in [6.45, 7) is 2.75. The summed E-state index contributed by atoms with van der Waals surface area (Å²) in [5.41, 5.74) is 3.18. The van der Waals surface area contributed by atoms with E-state index in [0.29, 0.717) is 32.8 Å². The van der Waals surface area contributed by atoms with Crippen LogP contribution >= 0.6 is 0 Å². The highest BCUT2D eigenvalue weighted by Crippen LogP contribution is 2.21. The molecule has 0 radical (unpaired) electrons. The number of hydrogen-bond donors (Lipinski definition) is 1. The van der Waals surface area contributed by atoms with Gasteiger partial charge in [0.1, 0.15) is 0 Å². The van der Waals surface area contributed by atoms with Crippen LogP contribution in [-0.4, -0.2) is 39.4 Å². The molecule has 7 nitrogen and oxygen atoms in total. The van der Waals surface area contributed by atoms with Crippen LogP contribution in [0.5, 0.6) is 0 Å². The third kappa shape index (κ3) is 3.75. The van der Waals surface area contributed by atoms with Gasteiger partial charge < -0.3 is 19.5 Å². The number of aromatic nitrogens is 3. The fourth-order valence-corrected chi connectivity index (χ4v) is 3.44. The molecule has 4 rings (SSSR count). The fraction of sp³-hybridized carbons (Fsp3) is 0.286. The summed E-state index contributed by atoms with van der Waals surface area (Å²) in [7, 11) is 1.67. The standard InChI is InChI=1S/C21H23N5O2/c1-28-15-18-10-6-5-9-17(18)13-22-21(27)25-11-12-26-19(14-25)23-24-20(26)16-7-3-2-4-8-16/h2-10H,11-15H2,1H3,(H,22,27). The smallest absolute Gasteiger partial charge is 0.318 e. The van der Waals surface area contributed by atoms with Crippen molar-refractivity contribution in [1.29, 1.82) is 0 Å². The van der Waals surface area contributed by atoms with Crippen molar-refractivity contribution in [2.45, 2.75) is 26.2 Å². The van der Waals surface area contributed by atoms with Crippen molar-refractivity contribution in [2.75, 3.05) is 13.7 Å². The van der Waals surface area contributed by atoms with Gasteiger partial charge in [0.2, 0.25) is 0 Å². The molecule has 0 atom stereocenters. The molecule has 7 heteroatoms. The zero-order valence-electron chi connectivity index (χ0n) is 15.8. The fourth-order valence-electron chi connectivity index (χ4n) is 3.44. The number of carbonyl (C=O) groups excluding carboxylic acids is 1. The predicted molar refractivity (Wildman–Crippen MR) is 105 cm³/mol. The monoisotopic (exact) mass is 377 g/mol. The van der Waals surface area contributed by atoms with Crippen LogP contribution in [0.3, 0.4) is 0 Å². The van der Waals surface area contributed by atoms with Crippen molar-refractivity contribution in [2.24, 2.45) is 0 Å². The Labute approximate surface area is 164 Å². The maximum atomic E-state index is 12.7. The van der Waals surface area contributed by atoms with Gasteiger partial charge in [0.25, 0.3) is 0 Å². The predicted octanol–water partition coefficient (Wildman–Crippen LogP) is 2.82. The van der Waals surface area contributed by atoms with E-state index in [0.717, 1.165) is 28.3 Å². The van der Waals surface area contributed by atoms with Crippen LogP contribution in [0.4, 0.5) is 4.79 Å². The van der Waals surface area contributed by atoms with Gasteiger partial charge in [0, 0.05) is 32.3 Å². The largest absolute Gasteiger partial charge is 0.380 e. The van der Waals surface area contributed by atoms with Crippen LogP contribution in [-0.2, 0) is 31.0 Å². The van der Waals surface area contributed by atoms with Crippen molar-refractivity contribution in [3.63, 3.8) is 0 Å². The average molecular weight is 377 g/mol. The van der Waals surface area contributed by atoms with E-state index in [1.54, 1.807) is 12.0 Å². The molecule has 1 N–H and O–H groups in total. The van der Waals surface area contributed by atoms with Crippen molar-refractivity contribution >= 4 is 6.03 Å². The SMILES string of the molecule is COCc1ccccc1CNC(=O)N1CCn2c(nnc2-c2ccccc2)C1. The molecule has 1 aliphatic heterocycles. The third-order valence-electron chi connectivity index (χ3n) is 4.92. The lowest BCUT2D eigenvalue weighted by molar-refractivity contribution is 0.179. The van der Waals surface area contributed by atoms with Crippen molar-refractivity contribution < 1.29 is 9.53 Å². The molecule has 0 spiro atoms. The van der Waals surface area contributed by atoms with Crippen LogP contribution in [0.25, 0.3) is 11.4 Å².